The second-order valence-corrected chi connectivity index (χ2v) is 3.06. The van der Waals surface area contributed by atoms with Crippen LogP contribution in [0.5, 0.6) is 0 Å². The van der Waals surface area contributed by atoms with E-state index in [4.69, 9.17) is 0 Å². The molecule has 1 aliphatic carbocycles. The third-order valence-corrected chi connectivity index (χ3v) is 2.03. The van der Waals surface area contributed by atoms with Gasteiger partial charge in [0, 0.05) is 0 Å². The summed E-state index contributed by atoms with van der Waals surface area (Å²) >= 11 is 0. The third kappa shape index (κ3) is 1.21. The van der Waals surface area contributed by atoms with Crippen molar-refractivity contribution in [3.63, 3.8) is 0 Å². The molecule has 0 heteroatoms. The van der Waals surface area contributed by atoms with Gasteiger partial charge in [-0.25, -0.2) is 0 Å². The second-order valence-electron chi connectivity index (χ2n) is 3.06. The van der Waals surface area contributed by atoms with Gasteiger partial charge in [-0.15, -0.1) is 0 Å². The van der Waals surface area contributed by atoms with Crippen molar-refractivity contribution in [3.05, 3.63) is 47.9 Å². The van der Waals surface area contributed by atoms with Crippen LogP contribution in [0.3, 0.4) is 0 Å². The maximum absolute atomic E-state index is 2.26. The lowest BCUT2D eigenvalue weighted by atomic mass is 9.84. The van der Waals surface area contributed by atoms with Crippen LogP contribution in [0.2, 0.25) is 0 Å². The van der Waals surface area contributed by atoms with E-state index in [9.17, 15) is 0 Å². The van der Waals surface area contributed by atoms with Crippen molar-refractivity contribution in [1.82, 2.24) is 0 Å². The third-order valence-electron chi connectivity index (χ3n) is 2.03. The van der Waals surface area contributed by atoms with E-state index in [-0.39, 0.29) is 0 Å². The van der Waals surface area contributed by atoms with Crippen LogP contribution in [0, 0.1) is 5.92 Å². The van der Waals surface area contributed by atoms with Crippen molar-refractivity contribution >= 4 is 5.57 Å². The normalized spacial score (nSPS) is 17.4. The zero-order valence-electron chi connectivity index (χ0n) is 6.67. The minimum absolute atomic E-state index is 1.17. The van der Waals surface area contributed by atoms with E-state index in [1.807, 2.05) is 0 Å². The van der Waals surface area contributed by atoms with Crippen molar-refractivity contribution < 1.29 is 0 Å². The molecular formula is C11H11. The van der Waals surface area contributed by atoms with E-state index in [2.05, 4.69) is 43.3 Å². The van der Waals surface area contributed by atoms with Gasteiger partial charge in [-0.05, 0) is 23.5 Å². The van der Waals surface area contributed by atoms with Crippen LogP contribution < -0.4 is 0 Å². The molecule has 1 aliphatic rings. The smallest absolute Gasteiger partial charge is 0.000839 e. The van der Waals surface area contributed by atoms with Crippen LogP contribution in [0.4, 0.5) is 0 Å². The molecule has 0 amide bonds. The molecule has 1 aromatic rings. The molecule has 0 unspecified atom stereocenters. The summed E-state index contributed by atoms with van der Waals surface area (Å²) in [6.07, 6.45) is 3.43. The van der Waals surface area contributed by atoms with Crippen molar-refractivity contribution in [3.8, 4) is 0 Å². The summed E-state index contributed by atoms with van der Waals surface area (Å²) in [6.45, 7) is 2.17. The summed E-state index contributed by atoms with van der Waals surface area (Å²) in [7, 11) is 0. The van der Waals surface area contributed by atoms with Gasteiger partial charge < -0.3 is 0 Å². The van der Waals surface area contributed by atoms with E-state index in [0.29, 0.717) is 0 Å². The molecule has 0 heterocycles. The molecule has 11 heavy (non-hydrogen) atoms. The van der Waals surface area contributed by atoms with Gasteiger partial charge in [-0.2, -0.15) is 0 Å². The fraction of sp³-hybridized carbons (Fsp3) is 0.182. The summed E-state index contributed by atoms with van der Waals surface area (Å²) in [5.74, 6) is 1.49. The molecular weight excluding hydrogens is 132 g/mol. The summed E-state index contributed by atoms with van der Waals surface area (Å²) in [5.41, 5.74) is 2.85. The minimum atomic E-state index is 1.17. The van der Waals surface area contributed by atoms with E-state index in [0.717, 1.165) is 0 Å². The molecule has 1 radical (unpaired) electrons. The van der Waals surface area contributed by atoms with Crippen molar-refractivity contribution in [2.75, 3.05) is 0 Å². The largest absolute Gasteiger partial charge is 0.0735 e. The van der Waals surface area contributed by atoms with E-state index in [1.54, 1.807) is 0 Å². The number of hydrogen-bond acceptors (Lipinski definition) is 0. The Morgan fingerprint density at radius 2 is 1.73 bits per heavy atom. The quantitative estimate of drug-likeness (QED) is 0.566. The van der Waals surface area contributed by atoms with Crippen molar-refractivity contribution in [2.45, 2.75) is 13.3 Å². The highest BCUT2D eigenvalue weighted by Gasteiger charge is 2.15. The maximum Gasteiger partial charge on any atom is -0.000839 e. The first-order chi connectivity index (χ1) is 5.36. The van der Waals surface area contributed by atoms with Crippen molar-refractivity contribution in [1.29, 1.82) is 0 Å². The number of hydrogen-bond donors (Lipinski definition) is 0. The minimum Gasteiger partial charge on any atom is -0.0735 e. The van der Waals surface area contributed by atoms with Gasteiger partial charge in [0.15, 0.2) is 0 Å². The van der Waals surface area contributed by atoms with Gasteiger partial charge in [0.1, 0.15) is 0 Å². The molecule has 0 aliphatic heterocycles. The zero-order chi connectivity index (χ0) is 7.68. The van der Waals surface area contributed by atoms with Gasteiger partial charge in [0.25, 0.3) is 0 Å². The van der Waals surface area contributed by atoms with Crippen LogP contribution in [0.25, 0.3) is 5.57 Å². The van der Waals surface area contributed by atoms with Crippen molar-refractivity contribution in [2.24, 2.45) is 0 Å². The Kier molecular flexibility index (Phi) is 1.54. The SMILES string of the molecule is C[C]1C=C(c2ccccc2)C1. The highest BCUT2D eigenvalue weighted by atomic mass is 14.2. The Hall–Kier alpha value is -1.04. The molecule has 2 rings (SSSR count). The number of benzene rings is 1. The zero-order valence-corrected chi connectivity index (χ0v) is 6.67. The topological polar surface area (TPSA) is 0 Å². The first kappa shape index (κ1) is 6.66. The standard InChI is InChI=1S/C11H11/c1-9-7-11(8-9)10-5-3-2-4-6-10/h2-7H,8H2,1H3. The fourth-order valence-electron chi connectivity index (χ4n) is 1.41. The molecule has 0 saturated heterocycles. The Morgan fingerprint density at radius 3 is 2.27 bits per heavy atom. The Morgan fingerprint density at radius 1 is 1.09 bits per heavy atom. The Balaban J connectivity index is 2.26. The van der Waals surface area contributed by atoms with Gasteiger partial charge in [0.2, 0.25) is 0 Å². The molecule has 1 aromatic carbocycles. The molecule has 0 N–H and O–H groups in total. The van der Waals surface area contributed by atoms with Gasteiger partial charge >= 0.3 is 0 Å². The Labute approximate surface area is 67.6 Å². The van der Waals surface area contributed by atoms with Crippen LogP contribution in [0.15, 0.2) is 36.4 Å². The molecule has 0 aromatic heterocycles. The monoisotopic (exact) mass is 143 g/mol. The molecule has 0 bridgehead atoms. The predicted molar refractivity (Wildman–Crippen MR) is 48.0 cm³/mol. The summed E-state index contributed by atoms with van der Waals surface area (Å²) in [6, 6.07) is 10.6. The van der Waals surface area contributed by atoms with Gasteiger partial charge in [-0.1, -0.05) is 43.3 Å². The van der Waals surface area contributed by atoms with Crippen LogP contribution >= 0.6 is 0 Å². The number of allylic oxidation sites excluding steroid dienone is 2. The highest BCUT2D eigenvalue weighted by molar-refractivity contribution is 5.75. The fourth-order valence-corrected chi connectivity index (χ4v) is 1.41. The highest BCUT2D eigenvalue weighted by Crippen LogP contribution is 2.34. The van der Waals surface area contributed by atoms with Gasteiger partial charge in [0.05, 0.1) is 0 Å². The van der Waals surface area contributed by atoms with E-state index >= 15 is 0 Å². The van der Waals surface area contributed by atoms with E-state index < -0.39 is 0 Å². The average Bonchev–Trinajstić information content (AvgIpc) is 2.01. The second kappa shape index (κ2) is 2.54. The van der Waals surface area contributed by atoms with E-state index in [1.165, 1.54) is 23.5 Å². The molecule has 0 nitrogen and oxygen atoms in total. The lowest BCUT2D eigenvalue weighted by Gasteiger charge is -2.21. The molecule has 0 spiro atoms. The molecule has 55 valence electrons. The number of rotatable bonds is 1. The molecule has 0 fully saturated rings. The summed E-state index contributed by atoms with van der Waals surface area (Å²) < 4.78 is 0. The average molecular weight is 143 g/mol. The van der Waals surface area contributed by atoms with Crippen LogP contribution in [0.1, 0.15) is 18.9 Å². The van der Waals surface area contributed by atoms with Gasteiger partial charge in [-0.3, -0.25) is 0 Å². The summed E-state index contributed by atoms with van der Waals surface area (Å²) in [5, 5.41) is 0. The van der Waals surface area contributed by atoms with Crippen LogP contribution in [-0.4, -0.2) is 0 Å². The first-order valence-electron chi connectivity index (χ1n) is 3.95. The predicted octanol–water partition coefficient (Wildman–Crippen LogP) is 3.07. The van der Waals surface area contributed by atoms with Crippen LogP contribution in [-0.2, 0) is 0 Å². The first-order valence-corrected chi connectivity index (χ1v) is 3.95. The Bertz CT molecular complexity index is 269. The summed E-state index contributed by atoms with van der Waals surface area (Å²) in [4.78, 5) is 0. The molecule has 0 atom stereocenters. The maximum atomic E-state index is 2.26. The molecule has 0 saturated carbocycles. The lowest BCUT2D eigenvalue weighted by Crippen LogP contribution is -2.02. The lowest BCUT2D eigenvalue weighted by molar-refractivity contribution is 1.01.